The fourth-order valence-electron chi connectivity index (χ4n) is 2.60. The van der Waals surface area contributed by atoms with Gasteiger partial charge >= 0.3 is 0 Å². The van der Waals surface area contributed by atoms with Crippen molar-refractivity contribution in [2.45, 2.75) is 19.5 Å². The minimum Gasteiger partial charge on any atom is -0.302 e. The second-order valence-electron chi connectivity index (χ2n) is 5.87. The molecule has 0 aliphatic heterocycles. The molecule has 1 amide bonds. The van der Waals surface area contributed by atoms with Crippen LogP contribution in [0.2, 0.25) is 0 Å². The zero-order valence-corrected chi connectivity index (χ0v) is 16.0. The molecule has 0 bridgehead atoms. The number of amides is 1. The van der Waals surface area contributed by atoms with Crippen LogP contribution in [0.25, 0.3) is 21.3 Å². The van der Waals surface area contributed by atoms with Crippen molar-refractivity contribution in [1.29, 1.82) is 0 Å². The molecule has 1 saturated carbocycles. The maximum absolute atomic E-state index is 13.2. The summed E-state index contributed by atoms with van der Waals surface area (Å²) in [7, 11) is 0. The molecule has 4 rings (SSSR count). The van der Waals surface area contributed by atoms with Gasteiger partial charge in [-0.1, -0.05) is 17.4 Å². The lowest BCUT2D eigenvalue weighted by Gasteiger charge is -2.05. The molecule has 1 fully saturated rings. The lowest BCUT2D eigenvalue weighted by Crippen LogP contribution is -2.14. The number of nitrogens with zero attached hydrogens (tertiary/aromatic N) is 2. The van der Waals surface area contributed by atoms with Crippen LogP contribution in [0.5, 0.6) is 0 Å². The molecular weight excluding hydrogens is 403 g/mol. The van der Waals surface area contributed by atoms with E-state index in [0.717, 1.165) is 26.9 Å². The highest BCUT2D eigenvalue weighted by Crippen LogP contribution is 2.36. The van der Waals surface area contributed by atoms with E-state index in [9.17, 15) is 13.6 Å². The number of aryl methyl sites for hydroxylation is 1. The summed E-state index contributed by atoms with van der Waals surface area (Å²) in [5.74, 6) is -1.37. The molecule has 138 valence electrons. The molecule has 1 N–H and O–H groups in total. The van der Waals surface area contributed by atoms with Crippen LogP contribution in [0.4, 0.5) is 13.9 Å². The third-order valence-corrected chi connectivity index (χ3v) is 4.99. The van der Waals surface area contributed by atoms with Gasteiger partial charge in [0.15, 0.2) is 5.13 Å². The van der Waals surface area contributed by atoms with Crippen molar-refractivity contribution in [2.24, 2.45) is 5.92 Å². The Hall–Kier alpha value is -1.83. The summed E-state index contributed by atoms with van der Waals surface area (Å²) in [5, 5.41) is 3.13. The number of hydrogen-bond acceptors (Lipinski definition) is 4. The van der Waals surface area contributed by atoms with Crippen molar-refractivity contribution < 1.29 is 13.6 Å². The SMILES string of the molecule is Cc1cc(F)ncc1-c1ccc2nc(NC(=O)[C@@H]3C[C@@H]3F)sc2c1.Cl.Cl. The maximum atomic E-state index is 13.2. The minimum absolute atomic E-state index is 0. The van der Waals surface area contributed by atoms with Gasteiger partial charge in [-0.2, -0.15) is 4.39 Å². The molecule has 0 saturated heterocycles. The monoisotopic (exact) mass is 417 g/mol. The van der Waals surface area contributed by atoms with Crippen molar-refractivity contribution in [3.8, 4) is 11.1 Å². The van der Waals surface area contributed by atoms with Gasteiger partial charge in [0.1, 0.15) is 6.17 Å². The largest absolute Gasteiger partial charge is 0.302 e. The van der Waals surface area contributed by atoms with E-state index >= 15 is 0 Å². The minimum atomic E-state index is -1.03. The van der Waals surface area contributed by atoms with Gasteiger partial charge in [0, 0.05) is 11.8 Å². The zero-order chi connectivity index (χ0) is 16.8. The fraction of sp³-hybridized carbons (Fsp3) is 0.235. The van der Waals surface area contributed by atoms with Crippen LogP contribution in [0, 0.1) is 18.8 Å². The highest BCUT2D eigenvalue weighted by molar-refractivity contribution is 7.22. The molecule has 1 aliphatic carbocycles. The quantitative estimate of drug-likeness (QED) is 0.613. The summed E-state index contributed by atoms with van der Waals surface area (Å²) < 4.78 is 27.0. The number of carbonyl (C=O) groups excluding carboxylic acids is 1. The van der Waals surface area contributed by atoms with E-state index < -0.39 is 18.0 Å². The Morgan fingerprint density at radius 2 is 2.04 bits per heavy atom. The Kier molecular flexibility index (Phi) is 6.16. The maximum Gasteiger partial charge on any atom is 0.232 e. The molecular formula is C17H15Cl2F2N3OS. The topological polar surface area (TPSA) is 54.9 Å². The number of alkyl halides is 1. The second kappa shape index (κ2) is 7.82. The number of hydrogen-bond donors (Lipinski definition) is 1. The third kappa shape index (κ3) is 3.95. The number of nitrogens with one attached hydrogen (secondary N) is 1. The normalized spacial score (nSPS) is 18.0. The van der Waals surface area contributed by atoms with Crippen molar-refractivity contribution >= 4 is 57.4 Å². The van der Waals surface area contributed by atoms with Crippen molar-refractivity contribution in [3.63, 3.8) is 0 Å². The van der Waals surface area contributed by atoms with Gasteiger partial charge in [-0.05, 0) is 42.7 Å². The average Bonchev–Trinajstić information content (AvgIpc) is 3.13. The standard InChI is InChI=1S/C17H13F2N3OS.2ClH/c1-8-4-15(19)20-7-11(8)9-2-3-13-14(5-9)24-17(21-13)22-16(23)10-6-12(10)18;;/h2-5,7,10,12H,6H2,1H3,(H,21,22,23);2*1H/t10-,12+;;/m1../s1. The number of anilines is 1. The number of rotatable bonds is 3. The van der Waals surface area contributed by atoms with Crippen molar-refractivity contribution in [2.75, 3.05) is 5.32 Å². The van der Waals surface area contributed by atoms with Gasteiger partial charge in [0.2, 0.25) is 11.9 Å². The molecule has 26 heavy (non-hydrogen) atoms. The molecule has 4 nitrogen and oxygen atoms in total. The zero-order valence-electron chi connectivity index (χ0n) is 13.5. The molecule has 9 heteroatoms. The summed E-state index contributed by atoms with van der Waals surface area (Å²) >= 11 is 1.33. The first kappa shape index (κ1) is 20.5. The van der Waals surface area contributed by atoms with Crippen LogP contribution in [0.3, 0.4) is 0 Å². The molecule has 0 radical (unpaired) electrons. The Bertz CT molecular complexity index is 966. The highest BCUT2D eigenvalue weighted by Gasteiger charge is 2.43. The first-order valence-corrected chi connectivity index (χ1v) is 8.31. The molecule has 0 spiro atoms. The predicted octanol–water partition coefficient (Wildman–Crippen LogP) is 4.95. The van der Waals surface area contributed by atoms with E-state index in [1.807, 2.05) is 25.1 Å². The number of benzene rings is 1. The number of halogens is 4. The molecule has 2 heterocycles. The molecule has 2 atom stereocenters. The Balaban J connectivity index is 0.00000121. The van der Waals surface area contributed by atoms with Gasteiger partial charge in [-0.3, -0.25) is 4.79 Å². The predicted molar refractivity (Wildman–Crippen MR) is 104 cm³/mol. The van der Waals surface area contributed by atoms with Gasteiger partial charge in [0.25, 0.3) is 0 Å². The summed E-state index contributed by atoms with van der Waals surface area (Å²) in [4.78, 5) is 19.8. The molecule has 3 aromatic rings. The third-order valence-electron chi connectivity index (χ3n) is 4.06. The summed E-state index contributed by atoms with van der Waals surface area (Å²) in [6.07, 6.45) is 0.766. The lowest BCUT2D eigenvalue weighted by atomic mass is 10.0. The van der Waals surface area contributed by atoms with Gasteiger partial charge in [-0.15, -0.1) is 24.8 Å². The molecule has 0 unspecified atom stereocenters. The number of thiazole rings is 1. The van der Waals surface area contributed by atoms with Crippen LogP contribution < -0.4 is 5.32 Å². The number of aromatic nitrogens is 2. The van der Waals surface area contributed by atoms with E-state index in [2.05, 4.69) is 15.3 Å². The van der Waals surface area contributed by atoms with E-state index in [-0.39, 0.29) is 37.1 Å². The van der Waals surface area contributed by atoms with Crippen molar-refractivity contribution in [3.05, 3.63) is 42.0 Å². The van der Waals surface area contributed by atoms with E-state index in [1.165, 1.54) is 23.6 Å². The van der Waals surface area contributed by atoms with Crippen LogP contribution in [-0.2, 0) is 4.79 Å². The van der Waals surface area contributed by atoms with Gasteiger partial charge in [0.05, 0.1) is 16.1 Å². The van der Waals surface area contributed by atoms with E-state index in [1.54, 1.807) is 0 Å². The van der Waals surface area contributed by atoms with Crippen LogP contribution in [-0.4, -0.2) is 22.0 Å². The summed E-state index contributed by atoms with van der Waals surface area (Å²) in [5.41, 5.74) is 3.29. The lowest BCUT2D eigenvalue weighted by molar-refractivity contribution is -0.117. The molecule has 1 aliphatic rings. The van der Waals surface area contributed by atoms with Crippen LogP contribution in [0.15, 0.2) is 30.5 Å². The Morgan fingerprint density at radius 1 is 1.31 bits per heavy atom. The summed E-state index contributed by atoms with van der Waals surface area (Å²) in [6, 6.07) is 7.04. The summed E-state index contributed by atoms with van der Waals surface area (Å²) in [6.45, 7) is 1.83. The highest BCUT2D eigenvalue weighted by atomic mass is 35.5. The Labute approximate surface area is 164 Å². The first-order valence-electron chi connectivity index (χ1n) is 7.49. The van der Waals surface area contributed by atoms with Crippen LogP contribution >= 0.6 is 36.2 Å². The smallest absolute Gasteiger partial charge is 0.232 e. The Morgan fingerprint density at radius 3 is 2.69 bits per heavy atom. The van der Waals surface area contributed by atoms with Crippen LogP contribution in [0.1, 0.15) is 12.0 Å². The average molecular weight is 418 g/mol. The van der Waals surface area contributed by atoms with Crippen molar-refractivity contribution in [1.82, 2.24) is 9.97 Å². The van der Waals surface area contributed by atoms with Gasteiger partial charge < -0.3 is 5.32 Å². The fourth-order valence-corrected chi connectivity index (χ4v) is 3.51. The number of pyridine rings is 1. The molecule has 1 aromatic carbocycles. The van der Waals surface area contributed by atoms with E-state index in [0.29, 0.717) is 5.13 Å². The first-order chi connectivity index (χ1) is 11.5. The van der Waals surface area contributed by atoms with E-state index in [4.69, 9.17) is 0 Å². The van der Waals surface area contributed by atoms with Gasteiger partial charge in [-0.25, -0.2) is 14.4 Å². The molecule has 2 aromatic heterocycles. The number of fused-ring (bicyclic) bond motifs is 1. The number of carbonyl (C=O) groups is 1. The second-order valence-corrected chi connectivity index (χ2v) is 6.90.